The average molecular weight is 370 g/mol. The number of hydrogen-bond donors (Lipinski definition) is 2. The zero-order valence-electron chi connectivity index (χ0n) is 14.4. The second-order valence-electron chi connectivity index (χ2n) is 5.35. The highest BCUT2D eigenvalue weighted by Crippen LogP contribution is 2.17. The van der Waals surface area contributed by atoms with Crippen LogP contribution in [-0.4, -0.2) is 23.5 Å². The zero-order chi connectivity index (χ0) is 17.9. The van der Waals surface area contributed by atoms with Gasteiger partial charge in [-0.2, -0.15) is 0 Å². The number of alkyl halides is 1. The fourth-order valence-corrected chi connectivity index (χ4v) is 2.68. The van der Waals surface area contributed by atoms with Crippen LogP contribution < -0.4 is 10.6 Å². The number of rotatable bonds is 7. The molecule has 0 saturated carbocycles. The van der Waals surface area contributed by atoms with Crippen molar-refractivity contribution < 1.29 is 4.79 Å². The number of amides is 1. The first kappa shape index (κ1) is 20.5. The number of nitrogens with zero attached hydrogens (tertiary/aromatic N) is 1. The maximum Gasteiger partial charge on any atom is 0.229 e. The summed E-state index contributed by atoms with van der Waals surface area (Å²) in [6.45, 7) is 5.88. The van der Waals surface area contributed by atoms with Crippen LogP contribution in [0, 0.1) is 0 Å². The number of allylic oxidation sites excluding steroid dienone is 5. The Morgan fingerprint density at radius 3 is 2.83 bits per heavy atom. The Kier molecular flexibility index (Phi) is 9.50. The molecule has 0 aliphatic carbocycles. The van der Waals surface area contributed by atoms with Gasteiger partial charge in [0, 0.05) is 29.5 Å². The van der Waals surface area contributed by atoms with Crippen molar-refractivity contribution in [2.45, 2.75) is 46.1 Å². The van der Waals surface area contributed by atoms with Crippen LogP contribution in [-0.2, 0) is 4.79 Å². The highest BCUT2D eigenvalue weighted by Gasteiger charge is 2.12. The van der Waals surface area contributed by atoms with Crippen LogP contribution in [0.25, 0.3) is 0 Å². The lowest BCUT2D eigenvalue weighted by Gasteiger charge is -2.19. The Labute approximate surface area is 154 Å². The standard InChI is InChI=1S/C18H25Cl2N3O/c1-4-7-15(20)14(12-19)9-10-18(24)23-17(5-2)22-16-8-6-11-21-13(16)3/h5-7,9,11,13,21H,4,8,10,12H2,1-3H3,(H,23,24)/b14-9-,15-7+,17-5+,22-16?. The predicted molar refractivity (Wildman–Crippen MR) is 103 cm³/mol. The molecule has 1 heterocycles. The first-order valence-electron chi connectivity index (χ1n) is 8.07. The molecule has 0 spiro atoms. The lowest BCUT2D eigenvalue weighted by molar-refractivity contribution is -0.119. The molecule has 1 aliphatic heterocycles. The monoisotopic (exact) mass is 369 g/mol. The largest absolute Gasteiger partial charge is 0.383 e. The molecule has 0 aromatic rings. The summed E-state index contributed by atoms with van der Waals surface area (Å²) in [6.07, 6.45) is 11.1. The van der Waals surface area contributed by atoms with E-state index in [9.17, 15) is 4.79 Å². The van der Waals surface area contributed by atoms with E-state index in [-0.39, 0.29) is 24.2 Å². The van der Waals surface area contributed by atoms with Gasteiger partial charge in [-0.1, -0.05) is 36.8 Å². The van der Waals surface area contributed by atoms with E-state index in [2.05, 4.69) is 15.6 Å². The molecule has 0 radical (unpaired) electrons. The molecule has 1 atom stereocenters. The maximum absolute atomic E-state index is 12.1. The molecule has 0 aromatic carbocycles. The molecule has 132 valence electrons. The van der Waals surface area contributed by atoms with E-state index in [1.54, 1.807) is 12.2 Å². The maximum atomic E-state index is 12.1. The van der Waals surface area contributed by atoms with Crippen LogP contribution in [0.1, 0.15) is 40.0 Å². The van der Waals surface area contributed by atoms with Crippen molar-refractivity contribution in [1.29, 1.82) is 0 Å². The third-order valence-electron chi connectivity index (χ3n) is 3.46. The lowest BCUT2D eigenvalue weighted by Crippen LogP contribution is -2.33. The van der Waals surface area contributed by atoms with Crippen molar-refractivity contribution in [1.82, 2.24) is 10.6 Å². The van der Waals surface area contributed by atoms with Gasteiger partial charge in [0.15, 0.2) is 0 Å². The van der Waals surface area contributed by atoms with Gasteiger partial charge < -0.3 is 10.6 Å². The van der Waals surface area contributed by atoms with Crippen molar-refractivity contribution in [2.75, 3.05) is 5.88 Å². The number of carbonyl (C=O) groups excluding carboxylic acids is 1. The van der Waals surface area contributed by atoms with E-state index in [0.717, 1.165) is 24.1 Å². The predicted octanol–water partition coefficient (Wildman–Crippen LogP) is 4.39. The van der Waals surface area contributed by atoms with Crippen LogP contribution in [0.15, 0.2) is 51.9 Å². The Balaban J connectivity index is 2.70. The van der Waals surface area contributed by atoms with Crippen LogP contribution in [0.3, 0.4) is 0 Å². The SMILES string of the molecule is C/C=C(\N=C1CC=CNC1C)NC(=O)C/C=C(CCl)\C(Cl)=C/CC. The second-order valence-corrected chi connectivity index (χ2v) is 6.02. The first-order chi connectivity index (χ1) is 11.5. The zero-order valence-corrected chi connectivity index (χ0v) is 15.9. The smallest absolute Gasteiger partial charge is 0.229 e. The van der Waals surface area contributed by atoms with Gasteiger partial charge in [0.1, 0.15) is 5.82 Å². The third kappa shape index (κ3) is 6.93. The van der Waals surface area contributed by atoms with Gasteiger partial charge in [0.25, 0.3) is 0 Å². The van der Waals surface area contributed by atoms with Crippen molar-refractivity contribution >= 4 is 34.8 Å². The second kappa shape index (κ2) is 11.1. The van der Waals surface area contributed by atoms with Gasteiger partial charge in [0.2, 0.25) is 5.91 Å². The summed E-state index contributed by atoms with van der Waals surface area (Å²) in [5.41, 5.74) is 1.75. The minimum Gasteiger partial charge on any atom is -0.383 e. The summed E-state index contributed by atoms with van der Waals surface area (Å²) in [5.74, 6) is 0.676. The Morgan fingerprint density at radius 2 is 2.25 bits per heavy atom. The molecule has 24 heavy (non-hydrogen) atoms. The van der Waals surface area contributed by atoms with Crippen molar-refractivity contribution in [3.8, 4) is 0 Å². The summed E-state index contributed by atoms with van der Waals surface area (Å²) < 4.78 is 0. The molecular formula is C18H25Cl2N3O. The molecule has 1 amide bonds. The molecule has 1 aliphatic rings. The topological polar surface area (TPSA) is 53.5 Å². The van der Waals surface area contributed by atoms with E-state index >= 15 is 0 Å². The van der Waals surface area contributed by atoms with Gasteiger partial charge in [-0.15, -0.1) is 11.6 Å². The van der Waals surface area contributed by atoms with Gasteiger partial charge in [-0.3, -0.25) is 4.79 Å². The van der Waals surface area contributed by atoms with Crippen molar-refractivity contribution in [2.24, 2.45) is 4.99 Å². The van der Waals surface area contributed by atoms with Crippen molar-refractivity contribution in [3.63, 3.8) is 0 Å². The minimum atomic E-state index is -0.150. The van der Waals surface area contributed by atoms with Gasteiger partial charge >= 0.3 is 0 Å². The average Bonchev–Trinajstić information content (AvgIpc) is 2.57. The molecule has 0 fully saturated rings. The lowest BCUT2D eigenvalue weighted by atomic mass is 10.1. The summed E-state index contributed by atoms with van der Waals surface area (Å²) in [6, 6.07) is 0.155. The molecular weight excluding hydrogens is 345 g/mol. The Bertz CT molecular complexity index is 589. The van der Waals surface area contributed by atoms with Crippen LogP contribution >= 0.6 is 23.2 Å². The van der Waals surface area contributed by atoms with Gasteiger partial charge in [-0.25, -0.2) is 4.99 Å². The highest BCUT2D eigenvalue weighted by molar-refractivity contribution is 6.33. The molecule has 4 nitrogen and oxygen atoms in total. The molecule has 0 bridgehead atoms. The fourth-order valence-electron chi connectivity index (χ4n) is 2.06. The van der Waals surface area contributed by atoms with Crippen LogP contribution in [0.4, 0.5) is 0 Å². The number of aliphatic imine (C=N–C) groups is 1. The normalized spacial score (nSPS) is 21.0. The number of halogens is 2. The summed E-state index contributed by atoms with van der Waals surface area (Å²) >= 11 is 12.0. The third-order valence-corrected chi connectivity index (χ3v) is 4.15. The molecule has 6 heteroatoms. The number of hydrogen-bond acceptors (Lipinski definition) is 3. The van der Waals surface area contributed by atoms with E-state index in [1.165, 1.54) is 0 Å². The van der Waals surface area contributed by atoms with Crippen LogP contribution in [0.2, 0.25) is 0 Å². The molecule has 1 rings (SSSR count). The number of carbonyl (C=O) groups is 1. The minimum absolute atomic E-state index is 0.150. The summed E-state index contributed by atoms with van der Waals surface area (Å²) in [5, 5.41) is 6.61. The van der Waals surface area contributed by atoms with E-state index in [0.29, 0.717) is 10.9 Å². The Morgan fingerprint density at radius 1 is 1.50 bits per heavy atom. The van der Waals surface area contributed by atoms with Crippen molar-refractivity contribution in [3.05, 3.63) is 46.9 Å². The van der Waals surface area contributed by atoms with E-state index in [1.807, 2.05) is 39.1 Å². The molecule has 2 N–H and O–H groups in total. The quantitative estimate of drug-likeness (QED) is 0.516. The summed E-state index contributed by atoms with van der Waals surface area (Å²) in [4.78, 5) is 16.7. The van der Waals surface area contributed by atoms with Crippen LogP contribution in [0.5, 0.6) is 0 Å². The first-order valence-corrected chi connectivity index (χ1v) is 8.98. The molecule has 1 unspecified atom stereocenters. The molecule has 0 aromatic heterocycles. The van der Waals surface area contributed by atoms with E-state index in [4.69, 9.17) is 23.2 Å². The molecule has 0 saturated heterocycles. The summed E-state index contributed by atoms with van der Waals surface area (Å²) in [7, 11) is 0. The highest BCUT2D eigenvalue weighted by atomic mass is 35.5. The van der Waals surface area contributed by atoms with E-state index < -0.39 is 0 Å². The Hall–Kier alpha value is -1.52. The fraction of sp³-hybridized carbons (Fsp3) is 0.444. The van der Waals surface area contributed by atoms with Gasteiger partial charge in [-0.05, 0) is 38.1 Å². The van der Waals surface area contributed by atoms with Gasteiger partial charge in [0.05, 0.1) is 6.04 Å². The number of nitrogens with one attached hydrogen (secondary N) is 2.